The Morgan fingerprint density at radius 3 is 2.59 bits per heavy atom. The normalized spacial score (nSPS) is 16.5. The van der Waals surface area contributed by atoms with E-state index in [0.717, 1.165) is 56.0 Å². The van der Waals surface area contributed by atoms with E-state index in [1.807, 2.05) is 32.0 Å². The van der Waals surface area contributed by atoms with E-state index < -0.39 is 12.1 Å². The van der Waals surface area contributed by atoms with Gasteiger partial charge in [0.15, 0.2) is 6.73 Å². The Morgan fingerprint density at radius 2 is 1.82 bits per heavy atom. The first-order valence-electron chi connectivity index (χ1n) is 15.1. The third-order valence-corrected chi connectivity index (χ3v) is 9.31. The number of hydrogen-bond acceptors (Lipinski definition) is 9. The van der Waals surface area contributed by atoms with E-state index in [1.54, 1.807) is 11.3 Å². The number of methoxy groups -OCH3 is 1. The van der Waals surface area contributed by atoms with Gasteiger partial charge in [-0.05, 0) is 54.6 Å². The van der Waals surface area contributed by atoms with Crippen molar-refractivity contribution < 1.29 is 28.6 Å². The number of anilines is 2. The van der Waals surface area contributed by atoms with Gasteiger partial charge in [0.1, 0.15) is 12.3 Å². The highest BCUT2D eigenvalue weighted by atomic mass is 32.1. The van der Waals surface area contributed by atoms with Crippen LogP contribution in [0.2, 0.25) is 0 Å². The van der Waals surface area contributed by atoms with Crippen LogP contribution < -0.4 is 14.5 Å². The maximum absolute atomic E-state index is 13.1. The molecule has 0 spiro atoms. The van der Waals surface area contributed by atoms with Crippen LogP contribution in [0.25, 0.3) is 10.1 Å². The van der Waals surface area contributed by atoms with Gasteiger partial charge in [-0.25, -0.2) is 4.79 Å². The molecule has 0 atom stereocenters. The molecule has 0 N–H and O–H groups in total. The second-order valence-corrected chi connectivity index (χ2v) is 13.0. The Bertz CT molecular complexity index is 1480. The largest absolute Gasteiger partial charge is 0.494 e. The Labute approximate surface area is 263 Å². The van der Waals surface area contributed by atoms with Crippen LogP contribution in [0.4, 0.5) is 16.2 Å². The van der Waals surface area contributed by atoms with Gasteiger partial charge in [-0.15, -0.1) is 11.3 Å². The van der Waals surface area contributed by atoms with E-state index in [2.05, 4.69) is 44.2 Å². The maximum Gasteiger partial charge on any atom is 0.411 e. The third kappa shape index (κ3) is 7.27. The van der Waals surface area contributed by atoms with Crippen molar-refractivity contribution in [2.45, 2.75) is 38.5 Å². The van der Waals surface area contributed by atoms with E-state index >= 15 is 0 Å². The van der Waals surface area contributed by atoms with E-state index in [-0.39, 0.29) is 31.0 Å². The lowest BCUT2D eigenvalue weighted by atomic mass is 9.77. The molecule has 236 valence electrons. The van der Waals surface area contributed by atoms with Gasteiger partial charge < -0.3 is 24.0 Å². The summed E-state index contributed by atoms with van der Waals surface area (Å²) in [6.45, 7) is 9.33. The van der Waals surface area contributed by atoms with Gasteiger partial charge in [0.2, 0.25) is 5.91 Å². The minimum absolute atomic E-state index is 0.143. The molecule has 0 bridgehead atoms. The van der Waals surface area contributed by atoms with Crippen LogP contribution >= 0.6 is 11.3 Å². The number of likely N-dealkylation sites (N-methyl/N-ethyl adjacent to an activating group) is 1. The maximum atomic E-state index is 13.1. The Kier molecular flexibility index (Phi) is 9.95. The van der Waals surface area contributed by atoms with Crippen molar-refractivity contribution in [2.75, 3.05) is 76.6 Å². The van der Waals surface area contributed by atoms with Crippen molar-refractivity contribution >= 4 is 50.8 Å². The topological polar surface area (TPSA) is 91.9 Å². The number of carbonyl (C=O) groups is 3. The van der Waals surface area contributed by atoms with Gasteiger partial charge >= 0.3 is 12.1 Å². The molecule has 11 heteroatoms. The highest BCUT2D eigenvalue weighted by molar-refractivity contribution is 7.17. The van der Waals surface area contributed by atoms with E-state index in [1.165, 1.54) is 34.8 Å². The molecule has 0 aliphatic carbocycles. The van der Waals surface area contributed by atoms with Crippen LogP contribution in [-0.4, -0.2) is 94.5 Å². The highest BCUT2D eigenvalue weighted by Crippen LogP contribution is 2.42. The molecule has 5 rings (SSSR count). The van der Waals surface area contributed by atoms with Crippen LogP contribution in [0, 0.1) is 0 Å². The van der Waals surface area contributed by atoms with Crippen molar-refractivity contribution in [2.24, 2.45) is 0 Å². The smallest absolute Gasteiger partial charge is 0.411 e. The minimum Gasteiger partial charge on any atom is -0.494 e. The summed E-state index contributed by atoms with van der Waals surface area (Å²) in [6.07, 6.45) is 1.53. The number of benzene rings is 2. The fraction of sp³-hybridized carbons (Fsp3) is 0.485. The third-order valence-electron chi connectivity index (χ3n) is 8.43. The van der Waals surface area contributed by atoms with Crippen LogP contribution in [0.15, 0.2) is 47.8 Å². The van der Waals surface area contributed by atoms with Gasteiger partial charge in [-0.2, -0.15) is 0 Å². The molecule has 44 heavy (non-hydrogen) atoms. The molecule has 2 aliphatic rings. The van der Waals surface area contributed by atoms with Gasteiger partial charge in [-0.3, -0.25) is 19.4 Å². The zero-order valence-electron chi connectivity index (χ0n) is 26.0. The summed E-state index contributed by atoms with van der Waals surface area (Å²) in [7, 11) is 2.69. The molecular weight excluding hydrogens is 580 g/mol. The average molecular weight is 623 g/mol. The number of ether oxygens (including phenoxy) is 3. The number of unbranched alkanes of at least 4 members (excludes halogenated alkanes) is 1. The molecule has 1 aromatic heterocycles. The quantitative estimate of drug-likeness (QED) is 0.216. The van der Waals surface area contributed by atoms with Crippen LogP contribution in [-0.2, 0) is 24.5 Å². The molecular formula is C33H42N4O6S. The number of amides is 2. The van der Waals surface area contributed by atoms with Gasteiger partial charge in [0.05, 0.1) is 19.4 Å². The molecule has 2 aliphatic heterocycles. The number of carbonyl (C=O) groups excluding carboxylic acids is 3. The standard InChI is InChI=1S/C33H42N4O6S/c1-33(2)21-30(38)37(23-43-32(40)34(3)22-31(39)41-4)28-20-24(10-11-26(28)33)42-18-6-5-13-35-14-16-36(17-15-35)27-8-7-9-29-25(27)12-19-44-29/h7-12,19-20H,5-6,13-18,21-23H2,1-4H3. The minimum atomic E-state index is -0.719. The fourth-order valence-corrected chi connectivity index (χ4v) is 6.70. The molecule has 2 amide bonds. The summed E-state index contributed by atoms with van der Waals surface area (Å²) < 4.78 is 17.4. The van der Waals surface area contributed by atoms with Crippen molar-refractivity contribution in [1.29, 1.82) is 0 Å². The number of rotatable bonds is 11. The Hall–Kier alpha value is -3.83. The molecule has 3 heterocycles. The first-order chi connectivity index (χ1) is 21.2. The average Bonchev–Trinajstić information content (AvgIpc) is 3.50. The summed E-state index contributed by atoms with van der Waals surface area (Å²) in [6, 6.07) is 14.6. The number of hydrogen-bond donors (Lipinski definition) is 0. The SMILES string of the molecule is COC(=O)CN(C)C(=O)OCN1C(=O)CC(C)(C)c2ccc(OCCCCN3CCN(c4cccc5sccc45)CC3)cc21. The summed E-state index contributed by atoms with van der Waals surface area (Å²) in [5.74, 6) is -0.0300. The predicted molar refractivity (Wildman–Crippen MR) is 173 cm³/mol. The van der Waals surface area contributed by atoms with E-state index in [4.69, 9.17) is 9.47 Å². The number of thiophene rings is 1. The van der Waals surface area contributed by atoms with Crippen molar-refractivity contribution in [3.63, 3.8) is 0 Å². The molecule has 0 saturated carbocycles. The molecule has 1 saturated heterocycles. The number of nitrogens with zero attached hydrogens (tertiary/aromatic N) is 4. The first-order valence-corrected chi connectivity index (χ1v) is 16.0. The van der Waals surface area contributed by atoms with Crippen LogP contribution in [0.1, 0.15) is 38.7 Å². The zero-order valence-corrected chi connectivity index (χ0v) is 26.9. The lowest BCUT2D eigenvalue weighted by Gasteiger charge is -2.38. The number of esters is 1. The molecule has 2 aromatic carbocycles. The summed E-state index contributed by atoms with van der Waals surface area (Å²) in [4.78, 5) is 44.6. The second-order valence-electron chi connectivity index (χ2n) is 12.0. The van der Waals surface area contributed by atoms with Crippen LogP contribution in [0.3, 0.4) is 0 Å². The zero-order chi connectivity index (χ0) is 31.3. The Morgan fingerprint density at radius 1 is 1.02 bits per heavy atom. The molecule has 0 radical (unpaired) electrons. The van der Waals surface area contributed by atoms with E-state index in [9.17, 15) is 14.4 Å². The van der Waals surface area contributed by atoms with Crippen molar-refractivity contribution in [3.8, 4) is 5.75 Å². The lowest BCUT2D eigenvalue weighted by molar-refractivity contribution is -0.141. The molecule has 3 aromatic rings. The first kappa shape index (κ1) is 31.6. The Balaban J connectivity index is 1.10. The fourth-order valence-electron chi connectivity index (χ4n) is 5.89. The van der Waals surface area contributed by atoms with Gasteiger partial charge in [0, 0.05) is 66.9 Å². The summed E-state index contributed by atoms with van der Waals surface area (Å²) in [5, 5.41) is 3.52. The van der Waals surface area contributed by atoms with Crippen molar-refractivity contribution in [3.05, 3.63) is 53.4 Å². The number of piperazine rings is 1. The van der Waals surface area contributed by atoms with Crippen molar-refractivity contribution in [1.82, 2.24) is 9.80 Å². The van der Waals surface area contributed by atoms with Gasteiger partial charge in [-0.1, -0.05) is 26.0 Å². The monoisotopic (exact) mass is 622 g/mol. The number of fused-ring (bicyclic) bond motifs is 2. The second kappa shape index (κ2) is 13.9. The predicted octanol–water partition coefficient (Wildman–Crippen LogP) is 5.10. The highest BCUT2D eigenvalue weighted by Gasteiger charge is 2.37. The van der Waals surface area contributed by atoms with E-state index in [0.29, 0.717) is 18.0 Å². The molecule has 1 fully saturated rings. The summed E-state index contributed by atoms with van der Waals surface area (Å²) >= 11 is 1.79. The summed E-state index contributed by atoms with van der Waals surface area (Å²) in [5.41, 5.74) is 2.63. The molecule has 0 unspecified atom stereocenters. The molecule has 10 nitrogen and oxygen atoms in total. The van der Waals surface area contributed by atoms with Crippen LogP contribution in [0.5, 0.6) is 5.75 Å². The van der Waals surface area contributed by atoms with Gasteiger partial charge in [0.25, 0.3) is 0 Å². The lowest BCUT2D eigenvalue weighted by Crippen LogP contribution is -2.46.